The molecular weight excluding hydrogens is 681 g/mol. The quantitative estimate of drug-likeness (QED) is 0.177. The molecule has 10 aromatic rings. The van der Waals surface area contributed by atoms with E-state index in [4.69, 9.17) is 4.42 Å². The molecular formula is C53H38N2O. The van der Waals surface area contributed by atoms with Crippen LogP contribution in [0, 0.1) is 0 Å². The summed E-state index contributed by atoms with van der Waals surface area (Å²) >= 11 is 0. The van der Waals surface area contributed by atoms with Crippen molar-refractivity contribution >= 4 is 60.8 Å². The van der Waals surface area contributed by atoms with Gasteiger partial charge in [-0.15, -0.1) is 0 Å². The first-order valence-corrected chi connectivity index (χ1v) is 19.9. The van der Waals surface area contributed by atoms with Crippen LogP contribution in [0.2, 0.25) is 0 Å². The number of anilines is 3. The Balaban J connectivity index is 1.04. The van der Waals surface area contributed by atoms with E-state index in [0.717, 1.165) is 44.7 Å². The summed E-state index contributed by atoms with van der Waals surface area (Å²) in [5, 5.41) is 4.69. The SMILES string of the molecule is c1ccc(-n2c3ccccc3c3ccc(N(c4ccc(-c5ccc6c(c5)C5(CCCC5)c5ccccc5-6)cc4)c4cccc5oc6ccccc6c45)cc32)cc1. The molecule has 1 saturated carbocycles. The van der Waals surface area contributed by atoms with Crippen LogP contribution in [0.5, 0.6) is 0 Å². The van der Waals surface area contributed by atoms with Gasteiger partial charge in [-0.05, 0) is 113 Å². The number of benzene rings is 8. The lowest BCUT2D eigenvalue weighted by molar-refractivity contribution is 0.550. The molecule has 12 rings (SSSR count). The molecule has 8 aromatic carbocycles. The van der Waals surface area contributed by atoms with Crippen LogP contribution in [0.1, 0.15) is 36.8 Å². The van der Waals surface area contributed by atoms with Gasteiger partial charge >= 0.3 is 0 Å². The van der Waals surface area contributed by atoms with Gasteiger partial charge in [0.05, 0.1) is 22.1 Å². The molecule has 0 aliphatic heterocycles. The minimum absolute atomic E-state index is 0.144. The first kappa shape index (κ1) is 31.5. The Bertz CT molecular complexity index is 3140. The Hall–Kier alpha value is -6.84. The smallest absolute Gasteiger partial charge is 0.137 e. The molecule has 0 saturated heterocycles. The Morgan fingerprint density at radius 3 is 2.02 bits per heavy atom. The second-order valence-electron chi connectivity index (χ2n) is 15.6. The molecule has 0 unspecified atom stereocenters. The van der Waals surface area contributed by atoms with Crippen molar-refractivity contribution < 1.29 is 4.42 Å². The van der Waals surface area contributed by atoms with Crippen LogP contribution in [0.4, 0.5) is 17.1 Å². The van der Waals surface area contributed by atoms with Crippen molar-refractivity contribution in [1.82, 2.24) is 4.57 Å². The largest absolute Gasteiger partial charge is 0.456 e. The van der Waals surface area contributed by atoms with E-state index in [1.165, 1.54) is 80.9 Å². The van der Waals surface area contributed by atoms with E-state index in [2.05, 4.69) is 185 Å². The topological polar surface area (TPSA) is 21.3 Å². The maximum absolute atomic E-state index is 6.45. The highest BCUT2D eigenvalue weighted by atomic mass is 16.3. The summed E-state index contributed by atoms with van der Waals surface area (Å²) in [6.45, 7) is 0. The molecule has 266 valence electrons. The van der Waals surface area contributed by atoms with Crippen LogP contribution in [-0.4, -0.2) is 4.57 Å². The molecule has 2 aromatic heterocycles. The van der Waals surface area contributed by atoms with E-state index in [1.807, 2.05) is 6.07 Å². The van der Waals surface area contributed by atoms with Gasteiger partial charge in [-0.1, -0.05) is 128 Å². The molecule has 0 atom stereocenters. The van der Waals surface area contributed by atoms with Gasteiger partial charge in [0.2, 0.25) is 0 Å². The summed E-state index contributed by atoms with van der Waals surface area (Å²) in [5.41, 5.74) is 17.1. The zero-order chi connectivity index (χ0) is 36.8. The fourth-order valence-corrected chi connectivity index (χ4v) is 10.3. The third kappa shape index (κ3) is 4.52. The fourth-order valence-electron chi connectivity index (χ4n) is 10.3. The van der Waals surface area contributed by atoms with Gasteiger partial charge in [0.1, 0.15) is 11.2 Å². The van der Waals surface area contributed by atoms with Crippen molar-refractivity contribution in [1.29, 1.82) is 0 Å². The average molecular weight is 719 g/mol. The van der Waals surface area contributed by atoms with Crippen molar-refractivity contribution in [3.8, 4) is 27.9 Å². The minimum Gasteiger partial charge on any atom is -0.456 e. The molecule has 2 aliphatic carbocycles. The summed E-state index contributed by atoms with van der Waals surface area (Å²) in [4.78, 5) is 2.41. The Morgan fingerprint density at radius 2 is 1.14 bits per heavy atom. The highest BCUT2D eigenvalue weighted by Gasteiger charge is 2.44. The van der Waals surface area contributed by atoms with E-state index in [-0.39, 0.29) is 5.41 Å². The van der Waals surface area contributed by atoms with E-state index < -0.39 is 0 Å². The first-order valence-electron chi connectivity index (χ1n) is 19.9. The first-order chi connectivity index (χ1) is 27.7. The fraction of sp³-hybridized carbons (Fsp3) is 0.0943. The monoisotopic (exact) mass is 718 g/mol. The van der Waals surface area contributed by atoms with Gasteiger partial charge in [0.25, 0.3) is 0 Å². The van der Waals surface area contributed by atoms with E-state index in [1.54, 1.807) is 0 Å². The van der Waals surface area contributed by atoms with Crippen LogP contribution < -0.4 is 4.90 Å². The molecule has 0 radical (unpaired) electrons. The summed E-state index contributed by atoms with van der Waals surface area (Å²) in [5.74, 6) is 0. The van der Waals surface area contributed by atoms with E-state index in [0.29, 0.717) is 0 Å². The number of hydrogen-bond donors (Lipinski definition) is 0. The average Bonchev–Trinajstić information content (AvgIpc) is 4.04. The number of furan rings is 1. The van der Waals surface area contributed by atoms with Crippen LogP contribution in [0.15, 0.2) is 186 Å². The number of aromatic nitrogens is 1. The van der Waals surface area contributed by atoms with Gasteiger partial charge in [-0.3, -0.25) is 0 Å². The van der Waals surface area contributed by atoms with Gasteiger partial charge in [-0.25, -0.2) is 0 Å². The zero-order valence-electron chi connectivity index (χ0n) is 31.0. The predicted octanol–water partition coefficient (Wildman–Crippen LogP) is 14.7. The van der Waals surface area contributed by atoms with Gasteiger partial charge in [-0.2, -0.15) is 0 Å². The second-order valence-corrected chi connectivity index (χ2v) is 15.6. The number of para-hydroxylation sites is 3. The summed E-state index contributed by atoms with van der Waals surface area (Å²) in [6.07, 6.45) is 5.05. The standard InChI is InChI=1S/C53H38N2O/c1-2-13-37(14-3-1)55-47-19-8-5-16-42(47)43-30-28-39(34-49(43)55)54(48-20-12-22-51-52(48)44-17-6-9-21-50(44)56-51)38-26-23-35(24-27-38)36-25-29-41-40-15-4-7-18-45(40)53(46(41)33-36)31-10-11-32-53/h1-9,12-30,33-34H,10-11,31-32H2. The molecule has 56 heavy (non-hydrogen) atoms. The van der Waals surface area contributed by atoms with Crippen LogP contribution >= 0.6 is 0 Å². The predicted molar refractivity (Wildman–Crippen MR) is 233 cm³/mol. The van der Waals surface area contributed by atoms with Crippen molar-refractivity contribution in [2.75, 3.05) is 4.90 Å². The number of nitrogens with zero attached hydrogens (tertiary/aromatic N) is 2. The third-order valence-corrected chi connectivity index (χ3v) is 12.7. The van der Waals surface area contributed by atoms with Crippen LogP contribution in [-0.2, 0) is 5.41 Å². The third-order valence-electron chi connectivity index (χ3n) is 12.7. The lowest BCUT2D eigenvalue weighted by Gasteiger charge is -2.27. The summed E-state index contributed by atoms with van der Waals surface area (Å²) in [6, 6.07) is 66.7. The molecule has 3 heteroatoms. The number of fused-ring (bicyclic) bond motifs is 11. The highest BCUT2D eigenvalue weighted by molar-refractivity contribution is 6.14. The molecule has 1 spiro atoms. The molecule has 3 nitrogen and oxygen atoms in total. The van der Waals surface area contributed by atoms with Gasteiger partial charge in [0.15, 0.2) is 0 Å². The molecule has 1 fully saturated rings. The molecule has 0 amide bonds. The van der Waals surface area contributed by atoms with E-state index >= 15 is 0 Å². The number of rotatable bonds is 5. The Kier molecular flexibility index (Phi) is 6.80. The molecule has 2 heterocycles. The maximum atomic E-state index is 6.45. The number of hydrogen-bond acceptors (Lipinski definition) is 2. The highest BCUT2D eigenvalue weighted by Crippen LogP contribution is 2.57. The second kappa shape index (κ2) is 12.1. The summed E-state index contributed by atoms with van der Waals surface area (Å²) in [7, 11) is 0. The van der Waals surface area contributed by atoms with Gasteiger partial charge < -0.3 is 13.9 Å². The van der Waals surface area contributed by atoms with Gasteiger partial charge in [0, 0.05) is 38.6 Å². The van der Waals surface area contributed by atoms with Crippen molar-refractivity contribution in [2.45, 2.75) is 31.1 Å². The van der Waals surface area contributed by atoms with E-state index in [9.17, 15) is 0 Å². The van der Waals surface area contributed by atoms with Crippen molar-refractivity contribution in [2.24, 2.45) is 0 Å². The molecule has 0 N–H and O–H groups in total. The lowest BCUT2D eigenvalue weighted by atomic mass is 9.76. The van der Waals surface area contributed by atoms with Crippen LogP contribution in [0.25, 0.3) is 71.7 Å². The summed E-state index contributed by atoms with van der Waals surface area (Å²) < 4.78 is 8.84. The maximum Gasteiger partial charge on any atom is 0.137 e. The molecule has 0 bridgehead atoms. The Morgan fingerprint density at radius 1 is 0.464 bits per heavy atom. The van der Waals surface area contributed by atoms with Crippen molar-refractivity contribution in [3.05, 3.63) is 193 Å². The Labute approximate surface area is 325 Å². The minimum atomic E-state index is 0.144. The zero-order valence-corrected chi connectivity index (χ0v) is 31.0. The lowest BCUT2D eigenvalue weighted by Crippen LogP contribution is -2.20. The normalized spacial score (nSPS) is 14.3. The van der Waals surface area contributed by atoms with Crippen molar-refractivity contribution in [3.63, 3.8) is 0 Å². The van der Waals surface area contributed by atoms with Crippen LogP contribution in [0.3, 0.4) is 0 Å². The molecule has 2 aliphatic rings.